The Kier molecular flexibility index (Phi) is 1.42. The smallest absolute Gasteiger partial charge is 0.267 e. The van der Waals surface area contributed by atoms with Gasteiger partial charge in [0.2, 0.25) is 6.41 Å². The second-order valence-corrected chi connectivity index (χ2v) is 2.73. The maximum Gasteiger partial charge on any atom is 0.267 e. The lowest BCUT2D eigenvalue weighted by molar-refractivity contribution is -0.114. The van der Waals surface area contributed by atoms with E-state index in [0.29, 0.717) is 19.3 Å². The maximum absolute atomic E-state index is 12.5. The van der Waals surface area contributed by atoms with Gasteiger partial charge in [0, 0.05) is 6.92 Å². The van der Waals surface area contributed by atoms with Gasteiger partial charge in [-0.05, 0) is 12.8 Å². The molecule has 0 aromatic rings. The molecule has 1 rings (SSSR count). The van der Waals surface area contributed by atoms with E-state index in [9.17, 15) is 13.6 Å². The number of halogens is 2. The lowest BCUT2D eigenvalue weighted by Crippen LogP contribution is -2.44. The predicted molar refractivity (Wildman–Crippen MR) is 31.8 cm³/mol. The van der Waals surface area contributed by atoms with E-state index in [-0.39, 0.29) is 0 Å². The average Bonchev–Trinajstić information content (AvgIpc) is 2.45. The van der Waals surface area contributed by atoms with Crippen LogP contribution in [-0.4, -0.2) is 17.9 Å². The second kappa shape index (κ2) is 1.90. The fourth-order valence-electron chi connectivity index (χ4n) is 0.948. The van der Waals surface area contributed by atoms with Crippen molar-refractivity contribution in [2.24, 2.45) is 0 Å². The van der Waals surface area contributed by atoms with Crippen LogP contribution >= 0.6 is 0 Å². The molecule has 0 heterocycles. The van der Waals surface area contributed by atoms with Gasteiger partial charge in [-0.2, -0.15) is 0 Å². The summed E-state index contributed by atoms with van der Waals surface area (Å²) in [7, 11) is 0. The number of carbonyl (C=O) groups excluding carboxylic acids is 1. The normalized spacial score (nSPS) is 21.9. The van der Waals surface area contributed by atoms with Crippen LogP contribution in [-0.2, 0) is 4.79 Å². The second-order valence-electron chi connectivity index (χ2n) is 2.73. The molecule has 1 fully saturated rings. The highest BCUT2D eigenvalue weighted by Crippen LogP contribution is 2.47. The fraction of sp³-hybridized carbons (Fsp3) is 0.833. The summed E-state index contributed by atoms with van der Waals surface area (Å²) in [6.07, 6.45) is 1.11. The first kappa shape index (κ1) is 7.44. The Morgan fingerprint density at radius 1 is 1.60 bits per heavy atom. The molecular weight excluding hydrogens is 140 g/mol. The van der Waals surface area contributed by atoms with Gasteiger partial charge in [-0.15, -0.1) is 0 Å². The van der Waals surface area contributed by atoms with E-state index in [1.165, 1.54) is 0 Å². The fourth-order valence-corrected chi connectivity index (χ4v) is 0.948. The molecular formula is C6H9F2NO. The van der Waals surface area contributed by atoms with Crippen molar-refractivity contribution in [3.05, 3.63) is 0 Å². The molecule has 0 aromatic carbocycles. The summed E-state index contributed by atoms with van der Waals surface area (Å²) in [6, 6.07) is 0. The summed E-state index contributed by atoms with van der Waals surface area (Å²) in [5, 5.41) is 2.14. The molecule has 0 atom stereocenters. The van der Waals surface area contributed by atoms with Crippen LogP contribution in [0.3, 0.4) is 0 Å². The van der Waals surface area contributed by atoms with Crippen molar-refractivity contribution in [3.63, 3.8) is 0 Å². The molecule has 1 aliphatic rings. The Labute approximate surface area is 57.6 Å². The number of nitrogens with one attached hydrogen (secondary N) is 1. The Morgan fingerprint density at radius 2 is 2.10 bits per heavy atom. The number of hydrogen-bond acceptors (Lipinski definition) is 1. The average molecular weight is 149 g/mol. The van der Waals surface area contributed by atoms with E-state index < -0.39 is 11.5 Å². The molecule has 1 N–H and O–H groups in total. The van der Waals surface area contributed by atoms with Gasteiger partial charge in [0.15, 0.2) is 0 Å². The molecule has 1 aliphatic carbocycles. The molecule has 0 bridgehead atoms. The third-order valence-corrected chi connectivity index (χ3v) is 1.93. The van der Waals surface area contributed by atoms with Gasteiger partial charge < -0.3 is 5.32 Å². The summed E-state index contributed by atoms with van der Waals surface area (Å²) >= 11 is 0. The van der Waals surface area contributed by atoms with E-state index in [0.717, 1.165) is 6.92 Å². The van der Waals surface area contributed by atoms with Crippen molar-refractivity contribution in [1.29, 1.82) is 0 Å². The van der Waals surface area contributed by atoms with Crippen molar-refractivity contribution in [2.45, 2.75) is 31.2 Å². The van der Waals surface area contributed by atoms with Gasteiger partial charge in [0.25, 0.3) is 5.92 Å². The quantitative estimate of drug-likeness (QED) is 0.594. The van der Waals surface area contributed by atoms with Crippen molar-refractivity contribution >= 4 is 6.41 Å². The molecule has 0 saturated heterocycles. The van der Waals surface area contributed by atoms with Crippen molar-refractivity contribution in [1.82, 2.24) is 5.32 Å². The number of carbonyl (C=O) groups is 1. The van der Waals surface area contributed by atoms with Crippen LogP contribution in [0.25, 0.3) is 0 Å². The molecule has 4 heteroatoms. The highest BCUT2D eigenvalue weighted by atomic mass is 19.3. The Bertz CT molecular complexity index is 148. The van der Waals surface area contributed by atoms with Crippen LogP contribution in [0.2, 0.25) is 0 Å². The molecule has 58 valence electrons. The third-order valence-electron chi connectivity index (χ3n) is 1.93. The molecule has 0 spiro atoms. The molecule has 0 unspecified atom stereocenters. The molecule has 0 aliphatic heterocycles. The van der Waals surface area contributed by atoms with Gasteiger partial charge in [-0.1, -0.05) is 0 Å². The molecule has 1 amide bonds. The topological polar surface area (TPSA) is 29.1 Å². The Hall–Kier alpha value is -0.670. The van der Waals surface area contributed by atoms with Gasteiger partial charge >= 0.3 is 0 Å². The van der Waals surface area contributed by atoms with Crippen molar-refractivity contribution < 1.29 is 13.6 Å². The van der Waals surface area contributed by atoms with E-state index in [1.807, 2.05) is 0 Å². The van der Waals surface area contributed by atoms with E-state index in [1.54, 1.807) is 0 Å². The van der Waals surface area contributed by atoms with E-state index >= 15 is 0 Å². The van der Waals surface area contributed by atoms with E-state index in [4.69, 9.17) is 0 Å². The zero-order valence-electron chi connectivity index (χ0n) is 5.66. The van der Waals surface area contributed by atoms with Crippen molar-refractivity contribution in [2.75, 3.05) is 0 Å². The van der Waals surface area contributed by atoms with Crippen molar-refractivity contribution in [3.8, 4) is 0 Å². The zero-order chi connectivity index (χ0) is 7.83. The highest BCUT2D eigenvalue weighted by Gasteiger charge is 2.59. The lowest BCUT2D eigenvalue weighted by atomic mass is 10.1. The summed E-state index contributed by atoms with van der Waals surface area (Å²) < 4.78 is 25.1. The number of amides is 1. The lowest BCUT2D eigenvalue weighted by Gasteiger charge is -2.21. The van der Waals surface area contributed by atoms with Crippen LogP contribution in [0.4, 0.5) is 8.78 Å². The minimum Gasteiger partial charge on any atom is -0.347 e. The zero-order valence-corrected chi connectivity index (χ0v) is 5.66. The van der Waals surface area contributed by atoms with E-state index in [2.05, 4.69) is 5.32 Å². The Morgan fingerprint density at radius 3 is 2.20 bits per heavy atom. The summed E-state index contributed by atoms with van der Waals surface area (Å²) in [4.78, 5) is 9.86. The van der Waals surface area contributed by atoms with Crippen LogP contribution in [0.1, 0.15) is 19.8 Å². The minimum atomic E-state index is -2.78. The van der Waals surface area contributed by atoms with Crippen LogP contribution in [0.5, 0.6) is 0 Å². The van der Waals surface area contributed by atoms with Gasteiger partial charge in [0.1, 0.15) is 5.54 Å². The van der Waals surface area contributed by atoms with Crippen LogP contribution in [0, 0.1) is 0 Å². The van der Waals surface area contributed by atoms with Gasteiger partial charge in [0.05, 0.1) is 0 Å². The predicted octanol–water partition coefficient (Wildman–Crippen LogP) is 0.920. The number of hydrogen-bond donors (Lipinski definition) is 1. The molecule has 0 aromatic heterocycles. The Balaban J connectivity index is 2.60. The molecule has 2 nitrogen and oxygen atoms in total. The SMILES string of the molecule is CC(F)(F)C1(NC=O)CC1. The monoisotopic (exact) mass is 149 g/mol. The first-order valence-electron chi connectivity index (χ1n) is 3.11. The molecule has 0 radical (unpaired) electrons. The van der Waals surface area contributed by atoms with Crippen LogP contribution < -0.4 is 5.32 Å². The third kappa shape index (κ3) is 0.978. The largest absolute Gasteiger partial charge is 0.347 e. The van der Waals surface area contributed by atoms with Gasteiger partial charge in [-0.25, -0.2) is 8.78 Å². The standard InChI is InChI=1S/C6H9F2NO/c1-5(7,8)6(2-3-6)9-4-10/h4H,2-3H2,1H3,(H,9,10). The van der Waals surface area contributed by atoms with Gasteiger partial charge in [-0.3, -0.25) is 4.79 Å². The number of alkyl halides is 2. The molecule has 1 saturated carbocycles. The maximum atomic E-state index is 12.5. The molecule has 10 heavy (non-hydrogen) atoms. The summed E-state index contributed by atoms with van der Waals surface area (Å²) in [6.45, 7) is 0.830. The van der Waals surface area contributed by atoms with Crippen LogP contribution in [0.15, 0.2) is 0 Å². The summed E-state index contributed by atoms with van der Waals surface area (Å²) in [5.41, 5.74) is -1.21. The minimum absolute atomic E-state index is 0.338. The first-order chi connectivity index (χ1) is 4.52. The number of rotatable bonds is 3. The first-order valence-corrected chi connectivity index (χ1v) is 3.11. The highest BCUT2D eigenvalue weighted by molar-refractivity contribution is 5.50. The summed E-state index contributed by atoms with van der Waals surface area (Å²) in [5.74, 6) is -2.78.